The number of carbonyl (C=O) groups excluding carboxylic acids is 2. The molecule has 0 aliphatic carbocycles. The van der Waals surface area contributed by atoms with Crippen LogP contribution in [0.4, 0.5) is 5.13 Å². The van der Waals surface area contributed by atoms with Gasteiger partial charge in [0.25, 0.3) is 5.91 Å². The number of nitrogens with two attached hydrogens (primary N) is 2. The fourth-order valence-electron chi connectivity index (χ4n) is 3.39. The molecule has 0 spiro atoms. The van der Waals surface area contributed by atoms with E-state index in [1.165, 1.54) is 46.9 Å². The Labute approximate surface area is 209 Å². The van der Waals surface area contributed by atoms with Gasteiger partial charge >= 0.3 is 5.97 Å². The molecule has 13 nitrogen and oxygen atoms in total. The molecule has 2 amide bonds. The molecule has 0 radical (unpaired) electrons. The molecule has 182 valence electrons. The van der Waals surface area contributed by atoms with Crippen LogP contribution in [0, 0.1) is 5.41 Å². The van der Waals surface area contributed by atoms with Crippen LogP contribution >= 0.6 is 46.2 Å². The van der Waals surface area contributed by atoms with E-state index in [9.17, 15) is 19.5 Å². The number of oxime groups is 1. The largest absolute Gasteiger partial charge is 0.481 e. The number of carbonyl (C=O) groups is 3. The first kappa shape index (κ1) is 24.6. The number of nitrogens with zero attached hydrogens (tertiary/aromatic N) is 5. The molecular formula is C17H20N8O5S4. The number of hydrogen-bond donors (Lipinski definition) is 4. The van der Waals surface area contributed by atoms with E-state index in [4.69, 9.17) is 16.3 Å². The molecule has 3 atom stereocenters. The Bertz CT molecular complexity index is 1140. The predicted molar refractivity (Wildman–Crippen MR) is 129 cm³/mol. The van der Waals surface area contributed by atoms with Crippen molar-refractivity contribution in [3.8, 4) is 0 Å². The van der Waals surface area contributed by atoms with Crippen LogP contribution in [0.1, 0.15) is 10.7 Å². The molecule has 2 aliphatic rings. The van der Waals surface area contributed by atoms with Gasteiger partial charge in [-0.2, -0.15) is 0 Å². The molecule has 2 unspecified atom stereocenters. The Kier molecular flexibility index (Phi) is 7.27. The standard InChI is InChI=1S/C17H20N8O5S4/c1-30-24-9(7-3-31-15(19)20-7)11(26)21-10-12(27)25-4-17(14(28)29,5-32-13(10)25)6-33-16-23-22-8(2-18)34-16/h3,10,13H,2,4-6,18H2,1H3,(H2,19,20)(H,21,26)(H,28,29)/t10?,13-,17?/m1/s1. The number of thioether (sulfide) groups is 2. The highest BCUT2D eigenvalue weighted by Crippen LogP contribution is 2.44. The Morgan fingerprint density at radius 2 is 2.26 bits per heavy atom. The molecule has 2 aromatic heterocycles. The lowest BCUT2D eigenvalue weighted by Gasteiger charge is -2.53. The third-order valence-corrected chi connectivity index (χ3v) is 9.77. The molecule has 0 bridgehead atoms. The summed E-state index contributed by atoms with van der Waals surface area (Å²) in [6.07, 6.45) is 0. The average Bonchev–Trinajstić information content (AvgIpc) is 3.47. The molecule has 4 heterocycles. The van der Waals surface area contributed by atoms with Gasteiger partial charge < -0.3 is 31.6 Å². The molecule has 6 N–H and O–H groups in total. The first-order chi connectivity index (χ1) is 16.3. The summed E-state index contributed by atoms with van der Waals surface area (Å²) in [5.74, 6) is -1.51. The van der Waals surface area contributed by atoms with E-state index in [1.54, 1.807) is 5.38 Å². The van der Waals surface area contributed by atoms with E-state index in [0.29, 0.717) is 9.35 Å². The minimum atomic E-state index is -1.16. The second-order valence-electron chi connectivity index (χ2n) is 7.35. The average molecular weight is 545 g/mol. The number of carboxylic acids is 1. The number of anilines is 1. The summed E-state index contributed by atoms with van der Waals surface area (Å²) >= 11 is 5.05. The Hall–Kier alpha value is -2.47. The van der Waals surface area contributed by atoms with E-state index in [-0.39, 0.29) is 52.4 Å². The van der Waals surface area contributed by atoms with Crippen molar-refractivity contribution < 1.29 is 24.3 Å². The fraction of sp³-hybridized carbons (Fsp3) is 0.471. The summed E-state index contributed by atoms with van der Waals surface area (Å²) < 4.78 is 0.626. The molecule has 2 fully saturated rings. The normalized spacial score (nSPS) is 24.4. The SMILES string of the molecule is CON=C(C(=O)NC1C(=O)N2CC(CSc3nnc(CN)s3)(C(=O)O)CS[C@H]12)c1csc(N)n1. The van der Waals surface area contributed by atoms with Crippen molar-refractivity contribution in [1.29, 1.82) is 0 Å². The number of hydrogen-bond acceptors (Lipinski definition) is 14. The number of carboxylic acid groups (broad SMARTS) is 1. The van der Waals surface area contributed by atoms with Crippen molar-refractivity contribution in [3.63, 3.8) is 0 Å². The maximum absolute atomic E-state index is 12.8. The van der Waals surface area contributed by atoms with Crippen molar-refractivity contribution >= 4 is 74.8 Å². The quantitative estimate of drug-likeness (QED) is 0.139. The maximum atomic E-state index is 12.8. The van der Waals surface area contributed by atoms with Gasteiger partial charge in [-0.25, -0.2) is 4.98 Å². The number of aromatic nitrogens is 3. The lowest BCUT2D eigenvalue weighted by atomic mass is 9.89. The topological polar surface area (TPSA) is 199 Å². The van der Waals surface area contributed by atoms with E-state index >= 15 is 0 Å². The zero-order chi connectivity index (χ0) is 24.5. The van der Waals surface area contributed by atoms with Crippen LogP contribution in [0.5, 0.6) is 0 Å². The van der Waals surface area contributed by atoms with Crippen LogP contribution in [0.2, 0.25) is 0 Å². The van der Waals surface area contributed by atoms with Gasteiger partial charge in [0.15, 0.2) is 15.2 Å². The highest BCUT2D eigenvalue weighted by molar-refractivity contribution is 8.01. The number of rotatable bonds is 9. The first-order valence-electron chi connectivity index (χ1n) is 9.72. The van der Waals surface area contributed by atoms with Crippen LogP contribution in [0.25, 0.3) is 0 Å². The fourth-order valence-corrected chi connectivity index (χ4v) is 7.57. The summed E-state index contributed by atoms with van der Waals surface area (Å²) in [5.41, 5.74) is 10.2. The molecule has 4 rings (SSSR count). The number of fused-ring (bicyclic) bond motifs is 1. The molecule has 2 aromatic rings. The summed E-state index contributed by atoms with van der Waals surface area (Å²) in [7, 11) is 1.29. The van der Waals surface area contributed by atoms with Gasteiger partial charge in [0.2, 0.25) is 5.91 Å². The van der Waals surface area contributed by atoms with Gasteiger partial charge in [-0.15, -0.1) is 33.3 Å². The predicted octanol–water partition coefficient (Wildman–Crippen LogP) is -0.351. The van der Waals surface area contributed by atoms with Crippen molar-refractivity contribution in [3.05, 3.63) is 16.1 Å². The lowest BCUT2D eigenvalue weighted by Crippen LogP contribution is -2.74. The number of amides is 2. The Morgan fingerprint density at radius 1 is 1.47 bits per heavy atom. The van der Waals surface area contributed by atoms with Crippen LogP contribution in [0.3, 0.4) is 0 Å². The molecule has 34 heavy (non-hydrogen) atoms. The molecule has 2 saturated heterocycles. The molecule has 0 saturated carbocycles. The van der Waals surface area contributed by atoms with E-state index in [0.717, 1.165) is 11.3 Å². The Balaban J connectivity index is 1.41. The maximum Gasteiger partial charge on any atom is 0.313 e. The molecule has 2 aliphatic heterocycles. The lowest BCUT2D eigenvalue weighted by molar-refractivity contribution is -0.157. The van der Waals surface area contributed by atoms with Crippen LogP contribution in [-0.2, 0) is 25.8 Å². The van der Waals surface area contributed by atoms with Gasteiger partial charge in [0.1, 0.15) is 34.6 Å². The monoisotopic (exact) mass is 544 g/mol. The number of nitrogen functional groups attached to an aromatic ring is 1. The zero-order valence-electron chi connectivity index (χ0n) is 17.7. The van der Waals surface area contributed by atoms with E-state index < -0.39 is 23.3 Å². The third kappa shape index (κ3) is 4.70. The summed E-state index contributed by atoms with van der Waals surface area (Å²) in [4.78, 5) is 48.1. The van der Waals surface area contributed by atoms with E-state index in [1.807, 2.05) is 0 Å². The summed E-state index contributed by atoms with van der Waals surface area (Å²) in [5, 5.41) is 26.4. The zero-order valence-corrected chi connectivity index (χ0v) is 20.9. The number of nitrogens with one attached hydrogen (secondary N) is 1. The minimum absolute atomic E-state index is 0.0301. The van der Waals surface area contributed by atoms with Gasteiger partial charge in [-0.1, -0.05) is 28.3 Å². The van der Waals surface area contributed by atoms with Crippen molar-refractivity contribution in [1.82, 2.24) is 25.4 Å². The van der Waals surface area contributed by atoms with Crippen molar-refractivity contribution in [2.75, 3.05) is 30.9 Å². The van der Waals surface area contributed by atoms with Crippen molar-refractivity contribution in [2.45, 2.75) is 22.3 Å². The highest BCUT2D eigenvalue weighted by atomic mass is 32.2. The number of aliphatic carboxylic acids is 1. The second kappa shape index (κ2) is 10.0. The summed E-state index contributed by atoms with van der Waals surface area (Å²) in [6.45, 7) is 0.296. The molecule has 0 aromatic carbocycles. The molecule has 17 heteroatoms. The minimum Gasteiger partial charge on any atom is -0.481 e. The summed E-state index contributed by atoms with van der Waals surface area (Å²) in [6, 6.07) is -0.815. The first-order valence-corrected chi connectivity index (χ1v) is 13.4. The van der Waals surface area contributed by atoms with Gasteiger partial charge in [0.05, 0.1) is 0 Å². The van der Waals surface area contributed by atoms with Gasteiger partial charge in [-0.05, 0) is 0 Å². The number of β-lactam (4-membered cyclic amide) rings is 1. The Morgan fingerprint density at radius 3 is 2.88 bits per heavy atom. The number of thiazole rings is 1. The smallest absolute Gasteiger partial charge is 0.313 e. The second-order valence-corrected chi connectivity index (χ2v) is 11.6. The van der Waals surface area contributed by atoms with E-state index in [2.05, 4.69) is 25.7 Å². The van der Waals surface area contributed by atoms with Crippen LogP contribution in [0.15, 0.2) is 14.9 Å². The van der Waals surface area contributed by atoms with Crippen LogP contribution in [-0.4, -0.2) is 85.3 Å². The third-order valence-electron chi connectivity index (χ3n) is 5.14. The van der Waals surface area contributed by atoms with Gasteiger partial charge in [0, 0.05) is 30.0 Å². The highest BCUT2D eigenvalue weighted by Gasteiger charge is 2.57. The molecular weight excluding hydrogens is 525 g/mol. The van der Waals surface area contributed by atoms with Gasteiger partial charge in [-0.3, -0.25) is 14.4 Å². The van der Waals surface area contributed by atoms with Crippen molar-refractivity contribution in [2.24, 2.45) is 16.3 Å². The van der Waals surface area contributed by atoms with Crippen LogP contribution < -0.4 is 16.8 Å².